The maximum atomic E-state index is 12.8. The Balaban J connectivity index is 2.42. The van der Waals surface area contributed by atoms with Crippen LogP contribution in [0.1, 0.15) is 21.6 Å². The Hall–Kier alpha value is -3.01. The lowest BCUT2D eigenvalue weighted by Gasteiger charge is -2.16. The van der Waals surface area contributed by atoms with Gasteiger partial charge in [-0.15, -0.1) is 0 Å². The third kappa shape index (κ3) is 3.66. The highest BCUT2D eigenvalue weighted by Gasteiger charge is 2.31. The second-order valence-electron chi connectivity index (χ2n) is 5.20. The van der Waals surface area contributed by atoms with Gasteiger partial charge in [-0.25, -0.2) is 0 Å². The number of carbonyl (C=O) groups is 1. The van der Waals surface area contributed by atoms with Crippen molar-refractivity contribution in [2.45, 2.75) is 6.18 Å². The highest BCUT2D eigenvalue weighted by atomic mass is 19.4. The molecule has 0 bridgehead atoms. The first-order chi connectivity index (χ1) is 11.2. The molecular formula is C17H14F3N3O. The molecule has 0 aliphatic carbocycles. The van der Waals surface area contributed by atoms with Crippen LogP contribution >= 0.6 is 0 Å². The maximum Gasteiger partial charge on any atom is 0.416 e. The Morgan fingerprint density at radius 3 is 2.54 bits per heavy atom. The van der Waals surface area contributed by atoms with Gasteiger partial charge >= 0.3 is 6.18 Å². The first-order valence-corrected chi connectivity index (χ1v) is 6.92. The molecule has 0 amide bonds. The molecule has 1 heterocycles. The normalized spacial score (nSPS) is 11.9. The summed E-state index contributed by atoms with van der Waals surface area (Å²) in [5.41, 5.74) is -0.782. The number of hydrogen-bond donors (Lipinski definition) is 0. The van der Waals surface area contributed by atoms with Crippen LogP contribution in [0, 0.1) is 11.3 Å². The molecule has 0 saturated carbocycles. The standard InChI is InChI=1S/C17H14F3N3O/c1-22(2)23-8-4-7-15(23)10-13(11-21)16(24)12-5-3-6-14(9-12)17(18,19)20/h3-10H,1-2H3/b13-10+. The number of halogens is 3. The molecule has 0 aliphatic heterocycles. The van der Waals surface area contributed by atoms with Crippen LogP contribution in [0.3, 0.4) is 0 Å². The summed E-state index contributed by atoms with van der Waals surface area (Å²) in [5, 5.41) is 11.0. The van der Waals surface area contributed by atoms with E-state index in [0.717, 1.165) is 18.2 Å². The molecule has 0 atom stereocenters. The third-order valence-corrected chi connectivity index (χ3v) is 3.30. The summed E-state index contributed by atoms with van der Waals surface area (Å²) in [5.74, 6) is -0.755. The fourth-order valence-electron chi connectivity index (χ4n) is 2.15. The third-order valence-electron chi connectivity index (χ3n) is 3.30. The Morgan fingerprint density at radius 2 is 1.96 bits per heavy atom. The van der Waals surface area contributed by atoms with E-state index >= 15 is 0 Å². The second-order valence-corrected chi connectivity index (χ2v) is 5.20. The zero-order chi connectivity index (χ0) is 17.9. The van der Waals surface area contributed by atoms with Gasteiger partial charge in [0.1, 0.15) is 11.6 Å². The van der Waals surface area contributed by atoms with Crippen LogP contribution in [0.25, 0.3) is 6.08 Å². The van der Waals surface area contributed by atoms with Crippen molar-refractivity contribution in [2.24, 2.45) is 0 Å². The number of ketones is 1. The molecule has 0 saturated heterocycles. The van der Waals surface area contributed by atoms with Crippen LogP contribution in [-0.4, -0.2) is 24.6 Å². The molecule has 0 aliphatic rings. The molecule has 0 spiro atoms. The van der Waals surface area contributed by atoms with Crippen molar-refractivity contribution in [2.75, 3.05) is 19.1 Å². The Morgan fingerprint density at radius 1 is 1.25 bits per heavy atom. The summed E-state index contributed by atoms with van der Waals surface area (Å²) in [6.45, 7) is 0. The van der Waals surface area contributed by atoms with Crippen molar-refractivity contribution < 1.29 is 18.0 Å². The number of alkyl halides is 3. The number of benzene rings is 1. The number of nitrogens with zero attached hydrogens (tertiary/aromatic N) is 3. The van der Waals surface area contributed by atoms with Crippen LogP contribution in [0.5, 0.6) is 0 Å². The lowest BCUT2D eigenvalue weighted by Crippen LogP contribution is -2.24. The number of nitriles is 1. The molecule has 0 unspecified atom stereocenters. The number of allylic oxidation sites excluding steroid dienone is 1. The van der Waals surface area contributed by atoms with E-state index in [2.05, 4.69) is 0 Å². The Labute approximate surface area is 137 Å². The van der Waals surface area contributed by atoms with E-state index in [1.165, 1.54) is 12.1 Å². The molecule has 2 aromatic rings. The van der Waals surface area contributed by atoms with Crippen molar-refractivity contribution in [1.29, 1.82) is 5.26 Å². The van der Waals surface area contributed by atoms with E-state index in [1.807, 2.05) is 0 Å². The molecule has 0 fully saturated rings. The Kier molecular flexibility index (Phi) is 4.79. The minimum Gasteiger partial charge on any atom is -0.319 e. The van der Waals surface area contributed by atoms with Crippen molar-refractivity contribution >= 4 is 11.9 Å². The fraction of sp³-hybridized carbons (Fsp3) is 0.176. The summed E-state index contributed by atoms with van der Waals surface area (Å²) in [7, 11) is 3.55. The summed E-state index contributed by atoms with van der Waals surface area (Å²) in [6, 6.07) is 9.22. The first kappa shape index (κ1) is 17.3. The number of Topliss-reactive ketones (excluding diaryl/α,β-unsaturated/α-hetero) is 1. The van der Waals surface area contributed by atoms with Crippen LogP contribution in [0.4, 0.5) is 13.2 Å². The molecular weight excluding hydrogens is 319 g/mol. The van der Waals surface area contributed by atoms with Crippen LogP contribution in [0.2, 0.25) is 0 Å². The number of carbonyl (C=O) groups excluding carboxylic acids is 1. The number of rotatable bonds is 4. The maximum absolute atomic E-state index is 12.8. The SMILES string of the molecule is CN(C)n1cccc1/C=C(\C#N)C(=O)c1cccc(C(F)(F)F)c1. The summed E-state index contributed by atoms with van der Waals surface area (Å²) < 4.78 is 40.0. The van der Waals surface area contributed by atoms with Gasteiger partial charge in [0.25, 0.3) is 0 Å². The molecule has 4 nitrogen and oxygen atoms in total. The molecule has 7 heteroatoms. The van der Waals surface area contributed by atoms with Crippen molar-refractivity contribution in [3.8, 4) is 6.07 Å². The van der Waals surface area contributed by atoms with E-state index < -0.39 is 17.5 Å². The highest BCUT2D eigenvalue weighted by molar-refractivity contribution is 6.14. The van der Waals surface area contributed by atoms with Gasteiger partial charge in [0.05, 0.1) is 11.3 Å². The summed E-state index contributed by atoms with van der Waals surface area (Å²) >= 11 is 0. The van der Waals surface area contributed by atoms with Gasteiger partial charge in [0.2, 0.25) is 5.78 Å². The minimum atomic E-state index is -4.55. The monoisotopic (exact) mass is 333 g/mol. The zero-order valence-electron chi connectivity index (χ0n) is 13.0. The van der Waals surface area contributed by atoms with Gasteiger partial charge in [-0.1, -0.05) is 12.1 Å². The van der Waals surface area contributed by atoms with E-state index in [4.69, 9.17) is 0 Å². The number of aromatic nitrogens is 1. The van der Waals surface area contributed by atoms with E-state index in [0.29, 0.717) is 5.69 Å². The van der Waals surface area contributed by atoms with Crippen LogP contribution < -0.4 is 5.01 Å². The van der Waals surface area contributed by atoms with Gasteiger partial charge < -0.3 is 5.01 Å². The fourth-order valence-corrected chi connectivity index (χ4v) is 2.15. The highest BCUT2D eigenvalue weighted by Crippen LogP contribution is 2.30. The molecule has 1 aromatic carbocycles. The molecule has 0 N–H and O–H groups in total. The predicted molar refractivity (Wildman–Crippen MR) is 83.9 cm³/mol. The van der Waals surface area contributed by atoms with Gasteiger partial charge in [0, 0.05) is 25.9 Å². The topological polar surface area (TPSA) is 49.0 Å². The van der Waals surface area contributed by atoms with Gasteiger partial charge in [-0.3, -0.25) is 9.47 Å². The number of hydrogen-bond acceptors (Lipinski definition) is 3. The van der Waals surface area contributed by atoms with Crippen molar-refractivity contribution in [3.63, 3.8) is 0 Å². The summed E-state index contributed by atoms with van der Waals surface area (Å²) in [6.07, 6.45) is -1.47. The van der Waals surface area contributed by atoms with E-state index in [-0.39, 0.29) is 11.1 Å². The minimum absolute atomic E-state index is 0.180. The smallest absolute Gasteiger partial charge is 0.319 e. The molecule has 124 valence electrons. The second kappa shape index (κ2) is 6.62. The largest absolute Gasteiger partial charge is 0.416 e. The molecule has 2 rings (SSSR count). The van der Waals surface area contributed by atoms with Gasteiger partial charge in [-0.05, 0) is 30.3 Å². The predicted octanol–water partition coefficient (Wildman–Crippen LogP) is 3.49. The average molecular weight is 333 g/mol. The lowest BCUT2D eigenvalue weighted by atomic mass is 10.0. The average Bonchev–Trinajstić information content (AvgIpc) is 2.99. The van der Waals surface area contributed by atoms with Crippen LogP contribution in [0.15, 0.2) is 48.2 Å². The van der Waals surface area contributed by atoms with Crippen LogP contribution in [-0.2, 0) is 6.18 Å². The summed E-state index contributed by atoms with van der Waals surface area (Å²) in [4.78, 5) is 12.4. The van der Waals surface area contributed by atoms with Gasteiger partial charge in [0.15, 0.2) is 0 Å². The van der Waals surface area contributed by atoms with Crippen molar-refractivity contribution in [1.82, 2.24) is 4.68 Å². The van der Waals surface area contributed by atoms with E-state index in [1.54, 1.807) is 48.2 Å². The van der Waals surface area contributed by atoms with E-state index in [9.17, 15) is 23.2 Å². The first-order valence-electron chi connectivity index (χ1n) is 6.92. The quantitative estimate of drug-likeness (QED) is 0.489. The molecule has 0 radical (unpaired) electrons. The Bertz CT molecular complexity index is 826. The van der Waals surface area contributed by atoms with Gasteiger partial charge in [-0.2, -0.15) is 18.4 Å². The molecule has 24 heavy (non-hydrogen) atoms. The van der Waals surface area contributed by atoms with Crippen molar-refractivity contribution in [3.05, 3.63) is 65.0 Å². The lowest BCUT2D eigenvalue weighted by molar-refractivity contribution is -0.137. The molecule has 1 aromatic heterocycles. The zero-order valence-corrected chi connectivity index (χ0v) is 13.0.